The minimum absolute atomic E-state index is 0. The molecule has 2 unspecified atom stereocenters. The van der Waals surface area contributed by atoms with Crippen molar-refractivity contribution >= 4 is 29.7 Å². The molecule has 3 rings (SSSR count). The van der Waals surface area contributed by atoms with Crippen LogP contribution in [0, 0.1) is 5.92 Å². The Kier molecular flexibility index (Phi) is 5.55. The number of halogens is 1. The number of thiophene rings is 1. The molecule has 2 aromatic rings. The van der Waals surface area contributed by atoms with Gasteiger partial charge in [-0.15, -0.1) is 28.8 Å². The van der Waals surface area contributed by atoms with Gasteiger partial charge in [-0.1, -0.05) is 11.3 Å². The first-order valence-corrected chi connectivity index (χ1v) is 7.99. The van der Waals surface area contributed by atoms with Crippen molar-refractivity contribution in [2.75, 3.05) is 13.1 Å². The van der Waals surface area contributed by atoms with Crippen LogP contribution in [0.25, 0.3) is 0 Å². The second-order valence-electron chi connectivity index (χ2n) is 5.52. The van der Waals surface area contributed by atoms with E-state index < -0.39 is 0 Å². The molecule has 22 heavy (non-hydrogen) atoms. The summed E-state index contributed by atoms with van der Waals surface area (Å²) >= 11 is 1.67. The summed E-state index contributed by atoms with van der Waals surface area (Å²) in [5.74, 6) is 0.348. The van der Waals surface area contributed by atoms with Gasteiger partial charge < -0.3 is 10.6 Å². The Labute approximate surface area is 139 Å². The van der Waals surface area contributed by atoms with E-state index in [-0.39, 0.29) is 24.4 Å². The predicted molar refractivity (Wildman–Crippen MR) is 88.4 cm³/mol. The first-order valence-electron chi connectivity index (χ1n) is 7.11. The van der Waals surface area contributed by atoms with Crippen LogP contribution in [0.1, 0.15) is 28.7 Å². The Balaban J connectivity index is 0.00000176. The largest absolute Gasteiger partial charge is 0.334 e. The molecule has 8 heteroatoms. The zero-order valence-electron chi connectivity index (χ0n) is 12.4. The standard InChI is InChI=1S/C14H19N5OS.ClH/c1-10-5-11(6-15)7-19(10)14(20)13-9-18(17-16-13)8-12-3-2-4-21-12;/h2-4,9-11H,5-8,15H2,1H3;1H. The zero-order chi connectivity index (χ0) is 14.8. The smallest absolute Gasteiger partial charge is 0.276 e. The Hall–Kier alpha value is -1.44. The summed E-state index contributed by atoms with van der Waals surface area (Å²) in [7, 11) is 0. The van der Waals surface area contributed by atoms with Gasteiger partial charge in [0.05, 0.1) is 12.7 Å². The van der Waals surface area contributed by atoms with Crippen LogP contribution in [-0.2, 0) is 6.54 Å². The van der Waals surface area contributed by atoms with E-state index in [1.165, 1.54) is 4.88 Å². The quantitative estimate of drug-likeness (QED) is 0.916. The molecule has 1 fully saturated rings. The minimum Gasteiger partial charge on any atom is -0.334 e. The van der Waals surface area contributed by atoms with Crippen molar-refractivity contribution in [1.82, 2.24) is 19.9 Å². The Bertz CT molecular complexity index is 615. The second-order valence-corrected chi connectivity index (χ2v) is 6.56. The number of nitrogens with zero attached hydrogens (tertiary/aromatic N) is 4. The van der Waals surface area contributed by atoms with Gasteiger partial charge in [-0.2, -0.15) is 0 Å². The summed E-state index contributed by atoms with van der Waals surface area (Å²) in [6.07, 6.45) is 2.69. The maximum atomic E-state index is 12.5. The van der Waals surface area contributed by atoms with Gasteiger partial charge in [0, 0.05) is 17.5 Å². The Morgan fingerprint density at radius 2 is 2.36 bits per heavy atom. The summed E-state index contributed by atoms with van der Waals surface area (Å²) in [5, 5.41) is 10.1. The van der Waals surface area contributed by atoms with E-state index in [0.29, 0.717) is 31.2 Å². The summed E-state index contributed by atoms with van der Waals surface area (Å²) in [6, 6.07) is 4.26. The topological polar surface area (TPSA) is 77.0 Å². The van der Waals surface area contributed by atoms with Gasteiger partial charge in [-0.25, -0.2) is 4.68 Å². The molecule has 0 aliphatic carbocycles. The summed E-state index contributed by atoms with van der Waals surface area (Å²) in [5.41, 5.74) is 6.12. The number of carbonyl (C=O) groups excluding carboxylic acids is 1. The van der Waals surface area contributed by atoms with Gasteiger partial charge in [-0.3, -0.25) is 4.79 Å². The minimum atomic E-state index is -0.0455. The number of hydrogen-bond acceptors (Lipinski definition) is 5. The lowest BCUT2D eigenvalue weighted by Gasteiger charge is -2.19. The second kappa shape index (κ2) is 7.21. The number of aromatic nitrogens is 3. The van der Waals surface area contributed by atoms with Crippen LogP contribution < -0.4 is 5.73 Å². The number of amides is 1. The number of carbonyl (C=O) groups is 1. The lowest BCUT2D eigenvalue weighted by Crippen LogP contribution is -2.34. The zero-order valence-corrected chi connectivity index (χ0v) is 14.0. The SMILES string of the molecule is CC1CC(CN)CN1C(=O)c1cn(Cc2cccs2)nn1.Cl. The van der Waals surface area contributed by atoms with E-state index >= 15 is 0 Å². The fourth-order valence-electron chi connectivity index (χ4n) is 2.78. The van der Waals surface area contributed by atoms with E-state index in [1.54, 1.807) is 22.2 Å². The highest BCUT2D eigenvalue weighted by molar-refractivity contribution is 7.09. The molecule has 1 saturated heterocycles. The van der Waals surface area contributed by atoms with Crippen molar-refractivity contribution < 1.29 is 4.79 Å². The van der Waals surface area contributed by atoms with Crippen LogP contribution in [0.2, 0.25) is 0 Å². The molecular formula is C14H20ClN5OS. The van der Waals surface area contributed by atoms with Crippen molar-refractivity contribution in [1.29, 1.82) is 0 Å². The lowest BCUT2D eigenvalue weighted by atomic mass is 10.1. The molecule has 1 aliphatic heterocycles. The van der Waals surface area contributed by atoms with Crippen LogP contribution >= 0.6 is 23.7 Å². The van der Waals surface area contributed by atoms with Crippen LogP contribution in [-0.4, -0.2) is 44.9 Å². The van der Waals surface area contributed by atoms with Gasteiger partial charge >= 0.3 is 0 Å². The maximum Gasteiger partial charge on any atom is 0.276 e. The summed E-state index contributed by atoms with van der Waals surface area (Å²) < 4.78 is 1.71. The van der Waals surface area contributed by atoms with E-state index in [9.17, 15) is 4.79 Å². The highest BCUT2D eigenvalue weighted by Crippen LogP contribution is 2.23. The molecule has 0 radical (unpaired) electrons. The number of nitrogens with two attached hydrogens (primary N) is 1. The van der Waals surface area contributed by atoms with Crippen molar-refractivity contribution in [3.8, 4) is 0 Å². The highest BCUT2D eigenvalue weighted by atomic mass is 35.5. The summed E-state index contributed by atoms with van der Waals surface area (Å²) in [4.78, 5) is 15.6. The normalized spacial score (nSPS) is 20.9. The molecule has 2 N–H and O–H groups in total. The Morgan fingerprint density at radius 3 is 3.00 bits per heavy atom. The molecule has 120 valence electrons. The number of hydrogen-bond donors (Lipinski definition) is 1. The number of rotatable bonds is 4. The van der Waals surface area contributed by atoms with Crippen LogP contribution in [0.5, 0.6) is 0 Å². The first kappa shape index (κ1) is 16.9. The van der Waals surface area contributed by atoms with E-state index in [4.69, 9.17) is 5.73 Å². The average molecular weight is 342 g/mol. The van der Waals surface area contributed by atoms with E-state index in [0.717, 1.165) is 6.42 Å². The molecule has 0 bridgehead atoms. The molecule has 1 aliphatic rings. The molecule has 0 saturated carbocycles. The van der Waals surface area contributed by atoms with Crippen molar-refractivity contribution in [3.63, 3.8) is 0 Å². The van der Waals surface area contributed by atoms with Gasteiger partial charge in [0.25, 0.3) is 5.91 Å². The van der Waals surface area contributed by atoms with Gasteiger partial charge in [0.2, 0.25) is 0 Å². The molecule has 1 amide bonds. The Morgan fingerprint density at radius 1 is 1.55 bits per heavy atom. The number of likely N-dealkylation sites (tertiary alicyclic amines) is 1. The maximum absolute atomic E-state index is 12.5. The highest BCUT2D eigenvalue weighted by Gasteiger charge is 2.33. The molecule has 0 spiro atoms. The van der Waals surface area contributed by atoms with E-state index in [1.807, 2.05) is 22.4 Å². The average Bonchev–Trinajstić information content (AvgIpc) is 3.19. The van der Waals surface area contributed by atoms with Crippen molar-refractivity contribution in [3.05, 3.63) is 34.3 Å². The van der Waals surface area contributed by atoms with Gasteiger partial charge in [-0.05, 0) is 37.3 Å². The van der Waals surface area contributed by atoms with Crippen LogP contribution in [0.15, 0.2) is 23.7 Å². The molecule has 6 nitrogen and oxygen atoms in total. The molecular weight excluding hydrogens is 322 g/mol. The fourth-order valence-corrected chi connectivity index (χ4v) is 3.48. The third kappa shape index (κ3) is 3.48. The third-order valence-corrected chi connectivity index (χ3v) is 4.77. The van der Waals surface area contributed by atoms with Crippen molar-refractivity contribution in [2.24, 2.45) is 11.7 Å². The molecule has 2 atom stereocenters. The predicted octanol–water partition coefficient (Wildman–Crippen LogP) is 1.62. The molecule has 3 heterocycles. The van der Waals surface area contributed by atoms with Gasteiger partial charge in [0.1, 0.15) is 0 Å². The van der Waals surface area contributed by atoms with Gasteiger partial charge in [0.15, 0.2) is 5.69 Å². The van der Waals surface area contributed by atoms with E-state index in [2.05, 4.69) is 17.2 Å². The summed E-state index contributed by atoms with van der Waals surface area (Å²) in [6.45, 7) is 4.05. The van der Waals surface area contributed by atoms with Crippen LogP contribution in [0.4, 0.5) is 0 Å². The first-order chi connectivity index (χ1) is 10.2. The molecule has 2 aromatic heterocycles. The monoisotopic (exact) mass is 341 g/mol. The lowest BCUT2D eigenvalue weighted by molar-refractivity contribution is 0.0737. The van der Waals surface area contributed by atoms with Crippen LogP contribution in [0.3, 0.4) is 0 Å². The molecule has 0 aromatic carbocycles. The fraction of sp³-hybridized carbons (Fsp3) is 0.500. The van der Waals surface area contributed by atoms with Crippen molar-refractivity contribution in [2.45, 2.75) is 25.9 Å². The third-order valence-electron chi connectivity index (χ3n) is 3.91.